The summed E-state index contributed by atoms with van der Waals surface area (Å²) in [5, 5.41) is 11.8. The number of likely N-dealkylation sites (tertiary alicyclic amines) is 1. The zero-order valence-corrected chi connectivity index (χ0v) is 16.1. The van der Waals surface area contributed by atoms with Gasteiger partial charge in [-0.3, -0.25) is 4.79 Å². The summed E-state index contributed by atoms with van der Waals surface area (Å²) < 4.78 is 12.1. The van der Waals surface area contributed by atoms with Crippen LogP contribution in [0.5, 0.6) is 11.5 Å². The molecular formula is C17H20N4O3S2. The SMILES string of the molecule is CNc1nnc(SCC(=O)N2CCCC2c2ccc3c(c2)OCCO3)s1. The number of rotatable bonds is 5. The summed E-state index contributed by atoms with van der Waals surface area (Å²) in [6.45, 7) is 1.94. The van der Waals surface area contributed by atoms with Crippen molar-refractivity contribution in [2.75, 3.05) is 37.9 Å². The van der Waals surface area contributed by atoms with Crippen LogP contribution in [0.2, 0.25) is 0 Å². The van der Waals surface area contributed by atoms with E-state index in [-0.39, 0.29) is 11.9 Å². The molecule has 3 heterocycles. The Balaban J connectivity index is 1.43. The van der Waals surface area contributed by atoms with Crippen molar-refractivity contribution in [2.45, 2.75) is 23.2 Å². The van der Waals surface area contributed by atoms with E-state index in [1.54, 1.807) is 0 Å². The molecule has 1 saturated heterocycles. The van der Waals surface area contributed by atoms with Gasteiger partial charge >= 0.3 is 0 Å². The molecular weight excluding hydrogens is 372 g/mol. The second-order valence-electron chi connectivity index (χ2n) is 6.06. The molecule has 0 bridgehead atoms. The number of nitrogens with zero attached hydrogens (tertiary/aromatic N) is 3. The van der Waals surface area contributed by atoms with Crippen LogP contribution in [0.25, 0.3) is 0 Å². The first-order valence-corrected chi connectivity index (χ1v) is 10.4. The predicted molar refractivity (Wildman–Crippen MR) is 101 cm³/mol. The van der Waals surface area contributed by atoms with E-state index in [0.29, 0.717) is 19.0 Å². The Bertz CT molecular complexity index is 798. The molecule has 2 aliphatic heterocycles. The van der Waals surface area contributed by atoms with Crippen LogP contribution in [0.3, 0.4) is 0 Å². The monoisotopic (exact) mass is 392 g/mol. The molecule has 1 aromatic carbocycles. The fourth-order valence-electron chi connectivity index (χ4n) is 3.25. The topological polar surface area (TPSA) is 76.6 Å². The number of hydrogen-bond donors (Lipinski definition) is 1. The fourth-order valence-corrected chi connectivity index (χ4v) is 4.85. The lowest BCUT2D eigenvalue weighted by Crippen LogP contribution is -2.32. The quantitative estimate of drug-likeness (QED) is 0.784. The Hall–Kier alpha value is -2.00. The number of fused-ring (bicyclic) bond motifs is 1. The van der Waals surface area contributed by atoms with Crippen LogP contribution >= 0.6 is 23.1 Å². The van der Waals surface area contributed by atoms with Gasteiger partial charge in [0.25, 0.3) is 0 Å². The van der Waals surface area contributed by atoms with E-state index in [1.807, 2.05) is 30.1 Å². The van der Waals surface area contributed by atoms with Crippen LogP contribution in [-0.4, -0.2) is 53.6 Å². The van der Waals surface area contributed by atoms with Crippen molar-refractivity contribution >= 4 is 34.1 Å². The largest absolute Gasteiger partial charge is 0.486 e. The number of ether oxygens (including phenoxy) is 2. The van der Waals surface area contributed by atoms with E-state index in [9.17, 15) is 4.79 Å². The Morgan fingerprint density at radius 1 is 1.35 bits per heavy atom. The van der Waals surface area contributed by atoms with Crippen LogP contribution in [0, 0.1) is 0 Å². The molecule has 1 atom stereocenters. The van der Waals surface area contributed by atoms with Crippen LogP contribution in [0.1, 0.15) is 24.4 Å². The van der Waals surface area contributed by atoms with Crippen molar-refractivity contribution in [3.63, 3.8) is 0 Å². The van der Waals surface area contributed by atoms with Crippen molar-refractivity contribution in [3.05, 3.63) is 23.8 Å². The first-order valence-electron chi connectivity index (χ1n) is 8.57. The number of aromatic nitrogens is 2. The van der Waals surface area contributed by atoms with Gasteiger partial charge in [0.15, 0.2) is 15.8 Å². The molecule has 138 valence electrons. The minimum atomic E-state index is 0.0983. The van der Waals surface area contributed by atoms with Crippen LogP contribution in [0.4, 0.5) is 5.13 Å². The number of carbonyl (C=O) groups excluding carboxylic acids is 1. The maximum absolute atomic E-state index is 12.8. The van der Waals surface area contributed by atoms with Gasteiger partial charge in [-0.15, -0.1) is 10.2 Å². The molecule has 0 aliphatic carbocycles. The van der Waals surface area contributed by atoms with E-state index in [0.717, 1.165) is 45.9 Å². The minimum absolute atomic E-state index is 0.0983. The lowest BCUT2D eigenvalue weighted by Gasteiger charge is -2.26. The summed E-state index contributed by atoms with van der Waals surface area (Å²) in [7, 11) is 1.81. The number of anilines is 1. The average Bonchev–Trinajstić information content (AvgIpc) is 3.35. The van der Waals surface area contributed by atoms with Crippen molar-refractivity contribution in [1.82, 2.24) is 15.1 Å². The Labute approximate surface area is 160 Å². The summed E-state index contributed by atoms with van der Waals surface area (Å²) in [6, 6.07) is 6.10. The summed E-state index contributed by atoms with van der Waals surface area (Å²) in [5.41, 5.74) is 1.11. The molecule has 1 amide bonds. The highest BCUT2D eigenvalue weighted by atomic mass is 32.2. The lowest BCUT2D eigenvalue weighted by atomic mass is 10.0. The van der Waals surface area contributed by atoms with Gasteiger partial charge in [-0.1, -0.05) is 29.2 Å². The summed E-state index contributed by atoms with van der Waals surface area (Å²) in [6.07, 6.45) is 1.98. The molecule has 4 rings (SSSR count). The lowest BCUT2D eigenvalue weighted by molar-refractivity contribution is -0.129. The van der Waals surface area contributed by atoms with E-state index in [1.165, 1.54) is 23.1 Å². The average molecular weight is 393 g/mol. The number of amides is 1. The third kappa shape index (κ3) is 3.59. The third-order valence-corrected chi connectivity index (χ3v) is 6.52. The van der Waals surface area contributed by atoms with Crippen molar-refractivity contribution < 1.29 is 14.3 Å². The van der Waals surface area contributed by atoms with Gasteiger partial charge in [-0.2, -0.15) is 0 Å². The molecule has 7 nitrogen and oxygen atoms in total. The number of hydrogen-bond acceptors (Lipinski definition) is 8. The van der Waals surface area contributed by atoms with Crippen LogP contribution in [0.15, 0.2) is 22.5 Å². The van der Waals surface area contributed by atoms with Crippen LogP contribution in [-0.2, 0) is 4.79 Å². The Morgan fingerprint density at radius 2 is 2.19 bits per heavy atom. The predicted octanol–water partition coefficient (Wildman–Crippen LogP) is 2.81. The van der Waals surface area contributed by atoms with Gasteiger partial charge in [0.2, 0.25) is 11.0 Å². The highest BCUT2D eigenvalue weighted by molar-refractivity contribution is 8.01. The minimum Gasteiger partial charge on any atom is -0.486 e. The zero-order valence-electron chi connectivity index (χ0n) is 14.4. The molecule has 1 fully saturated rings. The molecule has 2 aliphatic rings. The Kier molecular flexibility index (Phi) is 5.16. The second-order valence-corrected chi connectivity index (χ2v) is 8.26. The van der Waals surface area contributed by atoms with E-state index >= 15 is 0 Å². The fraction of sp³-hybridized carbons (Fsp3) is 0.471. The molecule has 0 saturated carbocycles. The van der Waals surface area contributed by atoms with Gasteiger partial charge in [-0.25, -0.2) is 0 Å². The number of nitrogens with one attached hydrogen (secondary N) is 1. The molecule has 1 N–H and O–H groups in total. The van der Waals surface area contributed by atoms with Gasteiger partial charge in [-0.05, 0) is 30.5 Å². The summed E-state index contributed by atoms with van der Waals surface area (Å²) in [4.78, 5) is 14.7. The van der Waals surface area contributed by atoms with Crippen molar-refractivity contribution in [1.29, 1.82) is 0 Å². The van der Waals surface area contributed by atoms with Gasteiger partial charge in [0.1, 0.15) is 13.2 Å². The van der Waals surface area contributed by atoms with Gasteiger partial charge in [0, 0.05) is 13.6 Å². The van der Waals surface area contributed by atoms with E-state index in [4.69, 9.17) is 9.47 Å². The van der Waals surface area contributed by atoms with Crippen LogP contribution < -0.4 is 14.8 Å². The first kappa shape index (κ1) is 17.4. The van der Waals surface area contributed by atoms with Gasteiger partial charge < -0.3 is 19.7 Å². The molecule has 1 aromatic heterocycles. The standard InChI is InChI=1S/C17H20N4O3S2/c1-18-16-19-20-17(26-16)25-10-15(22)21-6-2-3-12(21)11-4-5-13-14(9-11)24-8-7-23-13/h4-5,9,12H,2-3,6-8,10H2,1H3,(H,18,19). The molecule has 2 aromatic rings. The smallest absolute Gasteiger partial charge is 0.233 e. The van der Waals surface area contributed by atoms with Crippen molar-refractivity contribution in [2.24, 2.45) is 0 Å². The highest BCUT2D eigenvalue weighted by Crippen LogP contribution is 2.38. The highest BCUT2D eigenvalue weighted by Gasteiger charge is 2.31. The first-order chi connectivity index (χ1) is 12.7. The third-order valence-electron chi connectivity index (χ3n) is 4.46. The van der Waals surface area contributed by atoms with E-state index < -0.39 is 0 Å². The molecule has 9 heteroatoms. The second kappa shape index (κ2) is 7.71. The molecule has 1 unspecified atom stereocenters. The zero-order chi connectivity index (χ0) is 17.9. The summed E-state index contributed by atoms with van der Waals surface area (Å²) in [5.74, 6) is 2.06. The van der Waals surface area contributed by atoms with Crippen molar-refractivity contribution in [3.8, 4) is 11.5 Å². The Morgan fingerprint density at radius 3 is 3.00 bits per heavy atom. The molecule has 0 radical (unpaired) electrons. The van der Waals surface area contributed by atoms with Gasteiger partial charge in [0.05, 0.1) is 11.8 Å². The number of benzene rings is 1. The number of carbonyl (C=O) groups is 1. The molecule has 26 heavy (non-hydrogen) atoms. The molecule has 0 spiro atoms. The normalized spacial score (nSPS) is 18.8. The number of thioether (sulfide) groups is 1. The van der Waals surface area contributed by atoms with E-state index in [2.05, 4.69) is 15.5 Å². The maximum Gasteiger partial charge on any atom is 0.233 e. The maximum atomic E-state index is 12.8. The summed E-state index contributed by atoms with van der Waals surface area (Å²) >= 11 is 2.90.